The van der Waals surface area contributed by atoms with Gasteiger partial charge in [-0.05, 0) is 26.8 Å². The van der Waals surface area contributed by atoms with Gasteiger partial charge in [0.15, 0.2) is 15.0 Å². The number of hydrogen-bond donors (Lipinski definition) is 0. The summed E-state index contributed by atoms with van der Waals surface area (Å²) in [6.45, 7) is 6.14. The standard InChI is InChI=1S/C13H19N3O3S2/c1-9-8-10(2)15-13(14-9)20-11(3)12(17)16-4-6-21(18,19)7-5-16/h8,11H,4-7H2,1-3H3/t11-/m1/s1. The SMILES string of the molecule is Cc1cc(C)nc(S[C@H](C)C(=O)N2CCS(=O)(=O)CC2)n1. The van der Waals surface area contributed by atoms with Crippen molar-refractivity contribution >= 4 is 27.5 Å². The lowest BCUT2D eigenvalue weighted by Crippen LogP contribution is -2.46. The second-order valence-electron chi connectivity index (χ2n) is 5.17. The summed E-state index contributed by atoms with van der Waals surface area (Å²) in [7, 11) is -2.97. The molecule has 8 heteroatoms. The van der Waals surface area contributed by atoms with Crippen molar-refractivity contribution in [3.8, 4) is 0 Å². The van der Waals surface area contributed by atoms with Gasteiger partial charge in [0.2, 0.25) is 5.91 Å². The zero-order valence-electron chi connectivity index (χ0n) is 12.4. The van der Waals surface area contributed by atoms with Gasteiger partial charge in [-0.25, -0.2) is 18.4 Å². The molecule has 0 N–H and O–H groups in total. The normalized spacial score (nSPS) is 19.3. The van der Waals surface area contributed by atoms with Gasteiger partial charge in [-0.3, -0.25) is 4.79 Å². The van der Waals surface area contributed by atoms with Crippen LogP contribution in [0.1, 0.15) is 18.3 Å². The number of carbonyl (C=O) groups excluding carboxylic acids is 1. The monoisotopic (exact) mass is 329 g/mol. The lowest BCUT2D eigenvalue weighted by molar-refractivity contribution is -0.129. The molecule has 0 saturated carbocycles. The molecule has 1 aromatic heterocycles. The van der Waals surface area contributed by atoms with Gasteiger partial charge in [0.1, 0.15) is 0 Å². The number of carbonyl (C=O) groups is 1. The average Bonchev–Trinajstić information content (AvgIpc) is 2.36. The van der Waals surface area contributed by atoms with E-state index in [1.54, 1.807) is 11.8 Å². The predicted octanol–water partition coefficient (Wildman–Crippen LogP) is 0.831. The smallest absolute Gasteiger partial charge is 0.235 e. The van der Waals surface area contributed by atoms with Crippen LogP contribution >= 0.6 is 11.8 Å². The zero-order chi connectivity index (χ0) is 15.6. The van der Waals surface area contributed by atoms with Gasteiger partial charge in [0, 0.05) is 24.5 Å². The van der Waals surface area contributed by atoms with Crippen molar-refractivity contribution in [3.63, 3.8) is 0 Å². The van der Waals surface area contributed by atoms with Crippen LogP contribution in [0.15, 0.2) is 11.2 Å². The number of sulfone groups is 1. The largest absolute Gasteiger partial charge is 0.340 e. The number of amides is 1. The van der Waals surface area contributed by atoms with E-state index in [2.05, 4.69) is 9.97 Å². The molecule has 1 amide bonds. The molecule has 1 fully saturated rings. The molecule has 21 heavy (non-hydrogen) atoms. The highest BCUT2D eigenvalue weighted by Gasteiger charge is 2.28. The minimum atomic E-state index is -2.97. The Labute approximate surface area is 129 Å². The van der Waals surface area contributed by atoms with Crippen molar-refractivity contribution in [3.05, 3.63) is 17.5 Å². The molecule has 0 bridgehead atoms. The second kappa shape index (κ2) is 6.31. The highest BCUT2D eigenvalue weighted by atomic mass is 32.2. The number of aryl methyl sites for hydroxylation is 2. The molecule has 0 aromatic carbocycles. The summed E-state index contributed by atoms with van der Waals surface area (Å²) in [5.74, 6) is 0.0458. The Kier molecular flexibility index (Phi) is 4.88. The van der Waals surface area contributed by atoms with Crippen molar-refractivity contribution in [2.24, 2.45) is 0 Å². The number of hydrogen-bond acceptors (Lipinski definition) is 6. The first-order valence-corrected chi connectivity index (χ1v) is 9.45. The van der Waals surface area contributed by atoms with E-state index in [0.717, 1.165) is 11.4 Å². The Morgan fingerprint density at radius 1 is 1.24 bits per heavy atom. The molecule has 0 spiro atoms. The quantitative estimate of drug-likeness (QED) is 0.604. The molecule has 1 aliphatic rings. The fraction of sp³-hybridized carbons (Fsp3) is 0.615. The van der Waals surface area contributed by atoms with Crippen LogP contribution in [0.3, 0.4) is 0 Å². The maximum atomic E-state index is 12.3. The fourth-order valence-electron chi connectivity index (χ4n) is 2.14. The van der Waals surface area contributed by atoms with E-state index in [1.165, 1.54) is 11.8 Å². The van der Waals surface area contributed by atoms with E-state index in [9.17, 15) is 13.2 Å². The van der Waals surface area contributed by atoms with E-state index in [-0.39, 0.29) is 35.8 Å². The van der Waals surface area contributed by atoms with Crippen LogP contribution in [0, 0.1) is 13.8 Å². The summed E-state index contributed by atoms with van der Waals surface area (Å²) < 4.78 is 22.8. The van der Waals surface area contributed by atoms with Gasteiger partial charge in [-0.2, -0.15) is 0 Å². The molecule has 1 atom stereocenters. The molecule has 2 rings (SSSR count). The van der Waals surface area contributed by atoms with Crippen molar-refractivity contribution < 1.29 is 13.2 Å². The van der Waals surface area contributed by atoms with Crippen LogP contribution in [-0.4, -0.2) is 59.0 Å². The number of aromatic nitrogens is 2. The van der Waals surface area contributed by atoms with E-state index >= 15 is 0 Å². The van der Waals surface area contributed by atoms with Gasteiger partial charge in [-0.15, -0.1) is 0 Å². The summed E-state index contributed by atoms with van der Waals surface area (Å²) >= 11 is 1.31. The molecule has 116 valence electrons. The molecule has 0 unspecified atom stereocenters. The zero-order valence-corrected chi connectivity index (χ0v) is 14.0. The Morgan fingerprint density at radius 3 is 2.29 bits per heavy atom. The van der Waals surface area contributed by atoms with Crippen molar-refractivity contribution in [1.82, 2.24) is 14.9 Å². The lowest BCUT2D eigenvalue weighted by atomic mass is 10.3. The van der Waals surface area contributed by atoms with Crippen molar-refractivity contribution in [2.75, 3.05) is 24.6 Å². The van der Waals surface area contributed by atoms with Crippen LogP contribution in [-0.2, 0) is 14.6 Å². The maximum absolute atomic E-state index is 12.3. The number of thioether (sulfide) groups is 1. The van der Waals surface area contributed by atoms with E-state index in [4.69, 9.17) is 0 Å². The minimum Gasteiger partial charge on any atom is -0.340 e. The summed E-state index contributed by atoms with van der Waals surface area (Å²) in [4.78, 5) is 22.6. The molecule has 0 aliphatic carbocycles. The van der Waals surface area contributed by atoms with Crippen LogP contribution in [0.5, 0.6) is 0 Å². The van der Waals surface area contributed by atoms with Crippen LogP contribution in [0.4, 0.5) is 0 Å². The van der Waals surface area contributed by atoms with Crippen molar-refractivity contribution in [1.29, 1.82) is 0 Å². The molecular formula is C13H19N3O3S2. The first-order chi connectivity index (χ1) is 9.77. The summed E-state index contributed by atoms with van der Waals surface area (Å²) in [5, 5.41) is 0.255. The van der Waals surface area contributed by atoms with Crippen LogP contribution < -0.4 is 0 Å². The lowest BCUT2D eigenvalue weighted by Gasteiger charge is -2.28. The van der Waals surface area contributed by atoms with E-state index in [0.29, 0.717) is 5.16 Å². The third kappa shape index (κ3) is 4.41. The Bertz CT molecular complexity index is 612. The summed E-state index contributed by atoms with van der Waals surface area (Å²) in [6, 6.07) is 1.88. The third-order valence-electron chi connectivity index (χ3n) is 3.25. The third-order valence-corrected chi connectivity index (χ3v) is 5.81. The molecule has 1 aromatic rings. The maximum Gasteiger partial charge on any atom is 0.235 e. The molecule has 0 radical (unpaired) electrons. The first-order valence-electron chi connectivity index (χ1n) is 6.75. The summed E-state index contributed by atoms with van der Waals surface area (Å²) in [6.07, 6.45) is 0. The molecule has 2 heterocycles. The molecule has 1 aliphatic heterocycles. The van der Waals surface area contributed by atoms with E-state index < -0.39 is 9.84 Å². The molecule has 6 nitrogen and oxygen atoms in total. The van der Waals surface area contributed by atoms with Gasteiger partial charge >= 0.3 is 0 Å². The highest BCUT2D eigenvalue weighted by Crippen LogP contribution is 2.22. The van der Waals surface area contributed by atoms with E-state index in [1.807, 2.05) is 19.9 Å². The fourth-order valence-corrected chi connectivity index (χ4v) is 4.31. The Balaban J connectivity index is 2.00. The number of nitrogens with zero attached hydrogens (tertiary/aromatic N) is 3. The van der Waals surface area contributed by atoms with Gasteiger partial charge in [0.25, 0.3) is 0 Å². The number of rotatable bonds is 3. The summed E-state index contributed by atoms with van der Waals surface area (Å²) in [5.41, 5.74) is 1.74. The van der Waals surface area contributed by atoms with Crippen molar-refractivity contribution in [2.45, 2.75) is 31.2 Å². The van der Waals surface area contributed by atoms with Crippen LogP contribution in [0.2, 0.25) is 0 Å². The first kappa shape index (κ1) is 16.2. The second-order valence-corrected chi connectivity index (χ2v) is 8.78. The van der Waals surface area contributed by atoms with Gasteiger partial charge < -0.3 is 4.90 Å². The highest BCUT2D eigenvalue weighted by molar-refractivity contribution is 8.00. The van der Waals surface area contributed by atoms with Gasteiger partial charge in [-0.1, -0.05) is 11.8 Å². The molecule has 1 saturated heterocycles. The average molecular weight is 329 g/mol. The Morgan fingerprint density at radius 2 is 1.76 bits per heavy atom. The Hall–Kier alpha value is -1.15. The topological polar surface area (TPSA) is 80.2 Å². The van der Waals surface area contributed by atoms with Crippen LogP contribution in [0.25, 0.3) is 0 Å². The van der Waals surface area contributed by atoms with Gasteiger partial charge in [0.05, 0.1) is 16.8 Å². The minimum absolute atomic E-state index is 0.0518. The molecular weight excluding hydrogens is 310 g/mol. The predicted molar refractivity (Wildman–Crippen MR) is 82.1 cm³/mol.